The monoisotopic (exact) mass is 308 g/mol. The first-order valence-electron chi connectivity index (χ1n) is 8.24. The van der Waals surface area contributed by atoms with E-state index in [-0.39, 0.29) is 13.0 Å². The predicted octanol–water partition coefficient (Wildman–Crippen LogP) is 1.87. The van der Waals surface area contributed by atoms with Crippen molar-refractivity contribution in [1.82, 2.24) is 14.7 Å². The number of halogens is 1. The van der Waals surface area contributed by atoms with E-state index in [0.29, 0.717) is 12.5 Å². The van der Waals surface area contributed by atoms with Gasteiger partial charge in [0.05, 0.1) is 11.7 Å². The van der Waals surface area contributed by atoms with Crippen LogP contribution in [0, 0.1) is 0 Å². The Bertz CT molecular complexity index is 538. The Kier molecular flexibility index (Phi) is 4.47. The van der Waals surface area contributed by atoms with E-state index in [1.807, 2.05) is 22.8 Å². The molecule has 1 aliphatic carbocycles. The molecule has 1 aliphatic heterocycles. The second-order valence-electron chi connectivity index (χ2n) is 6.73. The quantitative estimate of drug-likeness (QED) is 0.923. The van der Waals surface area contributed by atoms with Gasteiger partial charge in [0.2, 0.25) is 5.91 Å². The van der Waals surface area contributed by atoms with Crippen molar-refractivity contribution in [2.45, 2.75) is 63.2 Å². The zero-order valence-corrected chi connectivity index (χ0v) is 13.2. The summed E-state index contributed by atoms with van der Waals surface area (Å²) >= 11 is 0. The number of hydrogen-bond donors (Lipinski definition) is 1. The topological polar surface area (TPSA) is 64.2 Å². The summed E-state index contributed by atoms with van der Waals surface area (Å²) in [4.78, 5) is 13.4. The Morgan fingerprint density at radius 1 is 1.41 bits per heavy atom. The van der Waals surface area contributed by atoms with Gasteiger partial charge in [-0.15, -0.1) is 0 Å². The number of carbonyl (C=O) groups is 1. The third kappa shape index (κ3) is 3.16. The molecule has 1 saturated heterocycles. The summed E-state index contributed by atoms with van der Waals surface area (Å²) in [5.41, 5.74) is 7.67. The Morgan fingerprint density at radius 3 is 2.82 bits per heavy atom. The molecule has 5 nitrogen and oxygen atoms in total. The Balaban J connectivity index is 1.78. The zero-order valence-electron chi connectivity index (χ0n) is 13.2. The van der Waals surface area contributed by atoms with Crippen molar-refractivity contribution in [3.63, 3.8) is 0 Å². The second kappa shape index (κ2) is 6.36. The molecule has 2 aliphatic rings. The van der Waals surface area contributed by atoms with E-state index in [9.17, 15) is 9.18 Å². The Hall–Kier alpha value is -1.43. The lowest BCUT2D eigenvalue weighted by Gasteiger charge is -2.24. The van der Waals surface area contributed by atoms with Crippen LogP contribution in [0.2, 0.25) is 0 Å². The molecule has 6 heteroatoms. The second-order valence-corrected chi connectivity index (χ2v) is 6.73. The number of nitrogens with two attached hydrogens (primary N) is 1. The lowest BCUT2D eigenvalue weighted by atomic mass is 9.85. The molecule has 0 spiro atoms. The summed E-state index contributed by atoms with van der Waals surface area (Å²) < 4.78 is 15.5. The van der Waals surface area contributed by atoms with Gasteiger partial charge in [0.25, 0.3) is 0 Å². The fourth-order valence-electron chi connectivity index (χ4n) is 3.93. The largest absolute Gasteiger partial charge is 0.368 e. The zero-order chi connectivity index (χ0) is 15.7. The van der Waals surface area contributed by atoms with Gasteiger partial charge >= 0.3 is 0 Å². The molecule has 0 aromatic carbocycles. The van der Waals surface area contributed by atoms with Crippen molar-refractivity contribution in [2.75, 3.05) is 6.54 Å². The van der Waals surface area contributed by atoms with Gasteiger partial charge in [0, 0.05) is 44.2 Å². The lowest BCUT2D eigenvalue weighted by molar-refractivity contribution is -0.122. The van der Waals surface area contributed by atoms with Gasteiger partial charge in [-0.25, -0.2) is 4.39 Å². The predicted molar refractivity (Wildman–Crippen MR) is 81.9 cm³/mol. The standard InChI is InChI=1S/C16H25FN4O/c1-20-8-12(15(19-20)11-5-3-2-4-6-11)9-21-10-13(17)7-14(21)16(18)22/h8,11,13-14H,2-7,9-10H2,1H3,(H2,18,22)/t13-,14+/m1/s1. The van der Waals surface area contributed by atoms with Gasteiger partial charge in [-0.2, -0.15) is 5.10 Å². The number of aryl methyl sites for hydroxylation is 1. The van der Waals surface area contributed by atoms with Crippen LogP contribution in [0.4, 0.5) is 4.39 Å². The van der Waals surface area contributed by atoms with Crippen LogP contribution < -0.4 is 5.73 Å². The molecule has 2 atom stereocenters. The van der Waals surface area contributed by atoms with Crippen LogP contribution >= 0.6 is 0 Å². The molecular weight excluding hydrogens is 283 g/mol. The summed E-state index contributed by atoms with van der Waals surface area (Å²) in [7, 11) is 1.92. The van der Waals surface area contributed by atoms with Crippen molar-refractivity contribution >= 4 is 5.91 Å². The Labute approximate surface area is 130 Å². The van der Waals surface area contributed by atoms with Crippen molar-refractivity contribution in [2.24, 2.45) is 12.8 Å². The number of primary amides is 1. The van der Waals surface area contributed by atoms with Crippen molar-refractivity contribution in [1.29, 1.82) is 0 Å². The van der Waals surface area contributed by atoms with Crippen LogP contribution in [0.3, 0.4) is 0 Å². The minimum atomic E-state index is -0.965. The van der Waals surface area contributed by atoms with Gasteiger partial charge < -0.3 is 5.73 Å². The average Bonchev–Trinajstić information content (AvgIpc) is 3.03. The molecule has 2 N–H and O–H groups in total. The van der Waals surface area contributed by atoms with Crippen LogP contribution in [-0.4, -0.2) is 39.3 Å². The molecule has 1 aromatic heterocycles. The van der Waals surface area contributed by atoms with Crippen molar-refractivity contribution in [3.05, 3.63) is 17.5 Å². The van der Waals surface area contributed by atoms with Gasteiger partial charge in [-0.3, -0.25) is 14.4 Å². The number of carbonyl (C=O) groups excluding carboxylic acids is 1. The summed E-state index contributed by atoms with van der Waals surface area (Å²) in [5.74, 6) is 0.0732. The highest BCUT2D eigenvalue weighted by atomic mass is 19.1. The number of nitrogens with zero attached hydrogens (tertiary/aromatic N) is 3. The molecule has 1 amide bonds. The smallest absolute Gasteiger partial charge is 0.234 e. The molecule has 0 radical (unpaired) electrons. The summed E-state index contributed by atoms with van der Waals surface area (Å²) in [5, 5.41) is 4.65. The van der Waals surface area contributed by atoms with Gasteiger partial charge in [0.1, 0.15) is 6.17 Å². The molecule has 22 heavy (non-hydrogen) atoms. The highest BCUT2D eigenvalue weighted by molar-refractivity contribution is 5.80. The molecule has 122 valence electrons. The fourth-order valence-corrected chi connectivity index (χ4v) is 3.93. The molecule has 0 unspecified atom stereocenters. The maximum atomic E-state index is 13.7. The van der Waals surface area contributed by atoms with Crippen LogP contribution in [0.1, 0.15) is 55.7 Å². The van der Waals surface area contributed by atoms with Gasteiger partial charge in [-0.1, -0.05) is 19.3 Å². The molecular formula is C16H25FN4O. The number of aromatic nitrogens is 2. The fraction of sp³-hybridized carbons (Fsp3) is 0.750. The number of rotatable bonds is 4. The molecule has 2 heterocycles. The SMILES string of the molecule is Cn1cc(CN2C[C@H](F)C[C@H]2C(N)=O)c(C2CCCCC2)n1. The molecule has 3 rings (SSSR count). The van der Waals surface area contributed by atoms with Gasteiger partial charge in [0.15, 0.2) is 0 Å². The van der Waals surface area contributed by atoms with E-state index in [4.69, 9.17) is 5.73 Å². The highest BCUT2D eigenvalue weighted by Gasteiger charge is 2.36. The number of hydrogen-bond acceptors (Lipinski definition) is 3. The van der Waals surface area contributed by atoms with Crippen LogP contribution in [-0.2, 0) is 18.4 Å². The molecule has 1 aromatic rings. The average molecular weight is 308 g/mol. The number of alkyl halides is 1. The lowest BCUT2D eigenvalue weighted by Crippen LogP contribution is -2.39. The first kappa shape index (κ1) is 15.5. The van der Waals surface area contributed by atoms with Crippen LogP contribution in [0.15, 0.2) is 6.20 Å². The van der Waals surface area contributed by atoms with Crippen molar-refractivity contribution in [3.8, 4) is 0 Å². The Morgan fingerprint density at radius 2 is 2.14 bits per heavy atom. The maximum absolute atomic E-state index is 13.7. The van der Waals surface area contributed by atoms with E-state index in [0.717, 1.165) is 11.3 Å². The van der Waals surface area contributed by atoms with E-state index in [2.05, 4.69) is 5.10 Å². The molecule has 0 bridgehead atoms. The molecule has 1 saturated carbocycles. The van der Waals surface area contributed by atoms with Crippen LogP contribution in [0.5, 0.6) is 0 Å². The van der Waals surface area contributed by atoms with E-state index >= 15 is 0 Å². The summed E-state index contributed by atoms with van der Waals surface area (Å²) in [6.45, 7) is 0.848. The third-order valence-electron chi connectivity index (χ3n) is 4.98. The molecule has 2 fully saturated rings. The first-order valence-corrected chi connectivity index (χ1v) is 8.24. The highest BCUT2D eigenvalue weighted by Crippen LogP contribution is 2.34. The van der Waals surface area contributed by atoms with E-state index in [1.54, 1.807) is 0 Å². The maximum Gasteiger partial charge on any atom is 0.234 e. The van der Waals surface area contributed by atoms with Crippen LogP contribution in [0.25, 0.3) is 0 Å². The van der Waals surface area contributed by atoms with E-state index in [1.165, 1.54) is 32.1 Å². The third-order valence-corrected chi connectivity index (χ3v) is 4.98. The van der Waals surface area contributed by atoms with E-state index < -0.39 is 18.1 Å². The van der Waals surface area contributed by atoms with Crippen molar-refractivity contribution < 1.29 is 9.18 Å². The number of amides is 1. The van der Waals surface area contributed by atoms with Gasteiger partial charge in [-0.05, 0) is 12.8 Å². The minimum absolute atomic E-state index is 0.217. The number of likely N-dealkylation sites (tertiary alicyclic amines) is 1. The summed E-state index contributed by atoms with van der Waals surface area (Å²) in [6.07, 6.45) is 7.42. The first-order chi connectivity index (χ1) is 10.5. The summed E-state index contributed by atoms with van der Waals surface area (Å²) in [6, 6.07) is -0.491. The minimum Gasteiger partial charge on any atom is -0.368 e. The normalized spacial score (nSPS) is 27.4.